The SMILES string of the molecule is CC(Oc1ccccc1Br)C(=O)N1C[C@@H](N)[C@H](c2ccccc2)C1.Cl. The Labute approximate surface area is 162 Å². The highest BCUT2D eigenvalue weighted by atomic mass is 79.9. The second-order valence-corrected chi connectivity index (χ2v) is 6.97. The summed E-state index contributed by atoms with van der Waals surface area (Å²) in [5.74, 6) is 0.812. The van der Waals surface area contributed by atoms with E-state index in [0.29, 0.717) is 18.8 Å². The lowest BCUT2D eigenvalue weighted by Crippen LogP contribution is -2.40. The van der Waals surface area contributed by atoms with Crippen molar-refractivity contribution < 1.29 is 9.53 Å². The minimum absolute atomic E-state index is 0. The number of carbonyl (C=O) groups is 1. The topological polar surface area (TPSA) is 55.6 Å². The Kier molecular flexibility index (Phi) is 6.87. The fourth-order valence-electron chi connectivity index (χ4n) is 3.10. The third kappa shape index (κ3) is 4.54. The lowest BCUT2D eigenvalue weighted by molar-refractivity contribution is -0.136. The van der Waals surface area contributed by atoms with Gasteiger partial charge in [-0.3, -0.25) is 4.79 Å². The third-order valence-corrected chi connectivity index (χ3v) is 5.05. The van der Waals surface area contributed by atoms with Crippen LogP contribution in [0, 0.1) is 0 Å². The van der Waals surface area contributed by atoms with Crippen LogP contribution in [-0.2, 0) is 4.79 Å². The van der Waals surface area contributed by atoms with E-state index in [9.17, 15) is 4.79 Å². The summed E-state index contributed by atoms with van der Waals surface area (Å²) in [6, 6.07) is 17.6. The number of carbonyl (C=O) groups excluding carboxylic acids is 1. The van der Waals surface area contributed by atoms with Gasteiger partial charge in [0.1, 0.15) is 5.75 Å². The van der Waals surface area contributed by atoms with E-state index in [-0.39, 0.29) is 30.3 Å². The van der Waals surface area contributed by atoms with E-state index in [4.69, 9.17) is 10.5 Å². The van der Waals surface area contributed by atoms with Crippen molar-refractivity contribution in [3.05, 3.63) is 64.6 Å². The maximum atomic E-state index is 12.7. The van der Waals surface area contributed by atoms with E-state index < -0.39 is 6.10 Å². The first-order chi connectivity index (χ1) is 11.6. The maximum absolute atomic E-state index is 12.7. The van der Waals surface area contributed by atoms with Gasteiger partial charge >= 0.3 is 0 Å². The first kappa shape index (κ1) is 19.8. The Hall–Kier alpha value is -1.56. The average molecular weight is 426 g/mol. The molecule has 2 aromatic carbocycles. The Balaban J connectivity index is 0.00000225. The standard InChI is InChI=1S/C19H21BrN2O2.ClH/c1-13(24-18-10-6-5-9-16(18)20)19(23)22-11-15(17(21)12-22)14-7-3-2-4-8-14;/h2-10,13,15,17H,11-12,21H2,1H3;1H/t13?,15-,17+;/m0./s1. The first-order valence-corrected chi connectivity index (χ1v) is 8.86. The van der Waals surface area contributed by atoms with Crippen LogP contribution in [0.25, 0.3) is 0 Å². The lowest BCUT2D eigenvalue weighted by atomic mass is 9.95. The van der Waals surface area contributed by atoms with Crippen LogP contribution in [-0.4, -0.2) is 36.0 Å². The quantitative estimate of drug-likeness (QED) is 0.814. The summed E-state index contributed by atoms with van der Waals surface area (Å²) in [6.45, 7) is 2.97. The molecule has 134 valence electrons. The molecule has 25 heavy (non-hydrogen) atoms. The Bertz CT molecular complexity index is 714. The lowest BCUT2D eigenvalue weighted by Gasteiger charge is -2.22. The number of para-hydroxylation sites is 1. The van der Waals surface area contributed by atoms with Crippen molar-refractivity contribution in [2.45, 2.75) is 25.0 Å². The van der Waals surface area contributed by atoms with Gasteiger partial charge in [0.05, 0.1) is 4.47 Å². The molecule has 6 heteroatoms. The van der Waals surface area contributed by atoms with Crippen LogP contribution in [0.5, 0.6) is 5.75 Å². The molecule has 0 radical (unpaired) electrons. The highest BCUT2D eigenvalue weighted by molar-refractivity contribution is 9.10. The largest absolute Gasteiger partial charge is 0.480 e. The van der Waals surface area contributed by atoms with Crippen molar-refractivity contribution in [2.24, 2.45) is 5.73 Å². The van der Waals surface area contributed by atoms with Gasteiger partial charge in [-0.15, -0.1) is 12.4 Å². The van der Waals surface area contributed by atoms with Crippen molar-refractivity contribution in [3.8, 4) is 5.75 Å². The van der Waals surface area contributed by atoms with Crippen LogP contribution in [0.3, 0.4) is 0 Å². The second-order valence-electron chi connectivity index (χ2n) is 6.11. The molecule has 1 aliphatic rings. The van der Waals surface area contributed by atoms with Crippen LogP contribution >= 0.6 is 28.3 Å². The zero-order chi connectivity index (χ0) is 17.1. The Morgan fingerprint density at radius 1 is 1.16 bits per heavy atom. The number of rotatable bonds is 4. The zero-order valence-electron chi connectivity index (χ0n) is 14.0. The number of amides is 1. The van der Waals surface area contributed by atoms with E-state index in [1.165, 1.54) is 5.56 Å². The number of nitrogens with two attached hydrogens (primary N) is 1. The summed E-state index contributed by atoms with van der Waals surface area (Å²) < 4.78 is 6.65. The van der Waals surface area contributed by atoms with E-state index in [0.717, 1.165) is 4.47 Å². The van der Waals surface area contributed by atoms with Crippen molar-refractivity contribution in [3.63, 3.8) is 0 Å². The predicted octanol–water partition coefficient (Wildman–Crippen LogP) is 3.59. The zero-order valence-corrected chi connectivity index (χ0v) is 16.4. The molecule has 1 unspecified atom stereocenters. The molecule has 0 aromatic heterocycles. The van der Waals surface area contributed by atoms with Gasteiger partial charge < -0.3 is 15.4 Å². The van der Waals surface area contributed by atoms with Crippen LogP contribution in [0.1, 0.15) is 18.4 Å². The van der Waals surface area contributed by atoms with Gasteiger partial charge in [0.15, 0.2) is 6.10 Å². The van der Waals surface area contributed by atoms with Gasteiger partial charge in [-0.1, -0.05) is 42.5 Å². The highest BCUT2D eigenvalue weighted by Gasteiger charge is 2.36. The summed E-state index contributed by atoms with van der Waals surface area (Å²) in [7, 11) is 0. The van der Waals surface area contributed by atoms with Gasteiger partial charge in [-0.2, -0.15) is 0 Å². The van der Waals surface area contributed by atoms with Crippen molar-refractivity contribution in [2.75, 3.05) is 13.1 Å². The summed E-state index contributed by atoms with van der Waals surface area (Å²) in [6.07, 6.45) is -0.551. The summed E-state index contributed by atoms with van der Waals surface area (Å²) in [5.41, 5.74) is 7.45. The van der Waals surface area contributed by atoms with Crippen LogP contribution in [0.2, 0.25) is 0 Å². The van der Waals surface area contributed by atoms with Crippen LogP contribution < -0.4 is 10.5 Å². The normalized spacial score (nSPS) is 20.7. The van der Waals surface area contributed by atoms with Gasteiger partial charge in [0, 0.05) is 25.0 Å². The van der Waals surface area contributed by atoms with Gasteiger partial charge in [0.2, 0.25) is 0 Å². The van der Waals surface area contributed by atoms with Crippen LogP contribution in [0.15, 0.2) is 59.1 Å². The van der Waals surface area contributed by atoms with E-state index in [1.54, 1.807) is 6.92 Å². The number of ether oxygens (including phenoxy) is 1. The molecule has 0 bridgehead atoms. The molecule has 2 N–H and O–H groups in total. The van der Waals surface area contributed by atoms with Gasteiger partial charge in [-0.05, 0) is 40.5 Å². The molecule has 2 aromatic rings. The third-order valence-electron chi connectivity index (χ3n) is 4.39. The molecule has 1 saturated heterocycles. The number of nitrogens with zero attached hydrogens (tertiary/aromatic N) is 1. The number of hydrogen-bond donors (Lipinski definition) is 1. The van der Waals surface area contributed by atoms with Crippen molar-refractivity contribution in [1.82, 2.24) is 4.90 Å². The highest BCUT2D eigenvalue weighted by Crippen LogP contribution is 2.28. The maximum Gasteiger partial charge on any atom is 0.263 e. The molecular weight excluding hydrogens is 404 g/mol. The van der Waals surface area contributed by atoms with Crippen molar-refractivity contribution in [1.29, 1.82) is 0 Å². The number of likely N-dealkylation sites (tertiary alicyclic amines) is 1. The fraction of sp³-hybridized carbons (Fsp3) is 0.316. The molecule has 4 nitrogen and oxygen atoms in total. The molecule has 1 amide bonds. The van der Waals surface area contributed by atoms with Crippen LogP contribution in [0.4, 0.5) is 0 Å². The molecule has 0 aliphatic carbocycles. The predicted molar refractivity (Wildman–Crippen MR) is 105 cm³/mol. The van der Waals surface area contributed by atoms with Gasteiger partial charge in [-0.25, -0.2) is 0 Å². The minimum Gasteiger partial charge on any atom is -0.480 e. The van der Waals surface area contributed by atoms with E-state index in [1.807, 2.05) is 47.4 Å². The Morgan fingerprint density at radius 3 is 2.48 bits per heavy atom. The van der Waals surface area contributed by atoms with E-state index >= 15 is 0 Å². The molecular formula is C19H22BrClN2O2. The fourth-order valence-corrected chi connectivity index (χ4v) is 3.48. The van der Waals surface area contributed by atoms with Gasteiger partial charge in [0.25, 0.3) is 5.91 Å². The number of benzene rings is 2. The van der Waals surface area contributed by atoms with E-state index in [2.05, 4.69) is 28.1 Å². The number of hydrogen-bond acceptors (Lipinski definition) is 3. The summed E-state index contributed by atoms with van der Waals surface area (Å²) in [4.78, 5) is 14.5. The molecule has 1 heterocycles. The first-order valence-electron chi connectivity index (χ1n) is 8.06. The molecule has 1 aliphatic heterocycles. The van der Waals surface area contributed by atoms with Crippen molar-refractivity contribution >= 4 is 34.2 Å². The monoisotopic (exact) mass is 424 g/mol. The summed E-state index contributed by atoms with van der Waals surface area (Å²) in [5, 5.41) is 0. The average Bonchev–Trinajstić information content (AvgIpc) is 2.98. The molecule has 3 rings (SSSR count). The minimum atomic E-state index is -0.551. The molecule has 0 saturated carbocycles. The molecule has 0 spiro atoms. The summed E-state index contributed by atoms with van der Waals surface area (Å²) >= 11 is 3.44. The Morgan fingerprint density at radius 2 is 1.80 bits per heavy atom. The smallest absolute Gasteiger partial charge is 0.263 e. The molecule has 3 atom stereocenters. The number of halogens is 2. The second kappa shape index (κ2) is 8.70. The molecule has 1 fully saturated rings.